The topological polar surface area (TPSA) is 49.3 Å². The molecule has 0 saturated carbocycles. The zero-order chi connectivity index (χ0) is 12.0. The largest absolute Gasteiger partial charge is 0.396 e. The average Bonchev–Trinajstić information content (AvgIpc) is 2.26. The van der Waals surface area contributed by atoms with E-state index < -0.39 is 0 Å². The van der Waals surface area contributed by atoms with Gasteiger partial charge < -0.3 is 10.4 Å². The van der Waals surface area contributed by atoms with Crippen LogP contribution in [0.3, 0.4) is 0 Å². The molecule has 3 nitrogen and oxygen atoms in total. The van der Waals surface area contributed by atoms with Gasteiger partial charge in [-0.25, -0.2) is 4.39 Å². The fraction of sp³-hybridized carbons (Fsp3) is 0.417. The standard InChI is InChI=1S/C12H16FNO2/c1-9(14-12(16)6-3-7-15)10-4-2-5-11(13)8-10/h2,4-5,8-9,15H,3,6-7H2,1H3,(H,14,16). The maximum absolute atomic E-state index is 12.9. The smallest absolute Gasteiger partial charge is 0.220 e. The van der Waals surface area contributed by atoms with Crippen LogP contribution in [0.5, 0.6) is 0 Å². The van der Waals surface area contributed by atoms with Crippen molar-refractivity contribution in [1.82, 2.24) is 5.32 Å². The highest BCUT2D eigenvalue weighted by atomic mass is 19.1. The number of aliphatic hydroxyl groups excluding tert-OH is 1. The van der Waals surface area contributed by atoms with Gasteiger partial charge in [0.2, 0.25) is 5.91 Å². The molecule has 2 N–H and O–H groups in total. The van der Waals surface area contributed by atoms with E-state index in [4.69, 9.17) is 5.11 Å². The minimum absolute atomic E-state index is 0.00175. The molecule has 0 radical (unpaired) electrons. The van der Waals surface area contributed by atoms with Gasteiger partial charge in [-0.2, -0.15) is 0 Å². The van der Waals surface area contributed by atoms with E-state index in [-0.39, 0.29) is 30.8 Å². The van der Waals surface area contributed by atoms with Gasteiger partial charge in [-0.3, -0.25) is 4.79 Å². The first-order valence-electron chi connectivity index (χ1n) is 5.29. The zero-order valence-corrected chi connectivity index (χ0v) is 9.24. The van der Waals surface area contributed by atoms with Crippen LogP contribution >= 0.6 is 0 Å². The zero-order valence-electron chi connectivity index (χ0n) is 9.24. The molecule has 0 saturated heterocycles. The van der Waals surface area contributed by atoms with Gasteiger partial charge in [-0.1, -0.05) is 12.1 Å². The van der Waals surface area contributed by atoms with E-state index in [9.17, 15) is 9.18 Å². The molecule has 0 bridgehead atoms. The third-order valence-electron chi connectivity index (χ3n) is 2.29. The molecule has 0 spiro atoms. The van der Waals surface area contributed by atoms with E-state index in [2.05, 4.69) is 5.32 Å². The first-order chi connectivity index (χ1) is 7.63. The van der Waals surface area contributed by atoms with Crippen LogP contribution in [-0.2, 0) is 4.79 Å². The van der Waals surface area contributed by atoms with Crippen molar-refractivity contribution in [3.8, 4) is 0 Å². The molecule has 4 heteroatoms. The molecule has 0 aliphatic carbocycles. The highest BCUT2D eigenvalue weighted by Gasteiger charge is 2.09. The number of nitrogens with one attached hydrogen (secondary N) is 1. The lowest BCUT2D eigenvalue weighted by molar-refractivity contribution is -0.122. The number of carbonyl (C=O) groups is 1. The SMILES string of the molecule is CC(NC(=O)CCCO)c1cccc(F)c1. The molecular weight excluding hydrogens is 209 g/mol. The first-order valence-corrected chi connectivity index (χ1v) is 5.29. The van der Waals surface area contributed by atoms with Crippen molar-refractivity contribution in [3.63, 3.8) is 0 Å². The Morgan fingerprint density at radius 3 is 2.94 bits per heavy atom. The van der Waals surface area contributed by atoms with Crippen molar-refractivity contribution in [3.05, 3.63) is 35.6 Å². The maximum atomic E-state index is 12.9. The number of aliphatic hydroxyl groups is 1. The number of halogens is 1. The molecule has 0 aliphatic heterocycles. The predicted octanol–water partition coefficient (Wildman–Crippen LogP) is 1.78. The van der Waals surface area contributed by atoms with Crippen LogP contribution in [0.1, 0.15) is 31.4 Å². The van der Waals surface area contributed by atoms with Crippen molar-refractivity contribution in [2.45, 2.75) is 25.8 Å². The minimum atomic E-state index is -0.311. The number of rotatable bonds is 5. The molecule has 1 rings (SSSR count). The second kappa shape index (κ2) is 6.23. The highest BCUT2D eigenvalue weighted by Crippen LogP contribution is 2.13. The van der Waals surface area contributed by atoms with E-state index in [0.717, 1.165) is 5.56 Å². The van der Waals surface area contributed by atoms with Crippen LogP contribution in [-0.4, -0.2) is 17.6 Å². The molecule has 0 aliphatic rings. The van der Waals surface area contributed by atoms with Crippen molar-refractivity contribution < 1.29 is 14.3 Å². The number of benzene rings is 1. The van der Waals surface area contributed by atoms with Gasteiger partial charge in [-0.05, 0) is 31.0 Å². The van der Waals surface area contributed by atoms with E-state index in [1.165, 1.54) is 12.1 Å². The normalized spacial score (nSPS) is 12.2. The Morgan fingerprint density at radius 1 is 1.56 bits per heavy atom. The Balaban J connectivity index is 2.52. The van der Waals surface area contributed by atoms with Crippen molar-refractivity contribution in [2.24, 2.45) is 0 Å². The Bertz CT molecular complexity index is 355. The molecule has 1 aromatic rings. The summed E-state index contributed by atoms with van der Waals surface area (Å²) in [5, 5.41) is 11.3. The molecule has 0 aromatic heterocycles. The maximum Gasteiger partial charge on any atom is 0.220 e. The average molecular weight is 225 g/mol. The highest BCUT2D eigenvalue weighted by molar-refractivity contribution is 5.76. The lowest BCUT2D eigenvalue weighted by atomic mass is 10.1. The fourth-order valence-corrected chi connectivity index (χ4v) is 1.41. The summed E-state index contributed by atoms with van der Waals surface area (Å²) < 4.78 is 12.9. The monoisotopic (exact) mass is 225 g/mol. The second-order valence-electron chi connectivity index (χ2n) is 3.67. The van der Waals surface area contributed by atoms with Crippen LogP contribution in [0, 0.1) is 5.82 Å². The van der Waals surface area contributed by atoms with Crippen molar-refractivity contribution in [1.29, 1.82) is 0 Å². The molecule has 16 heavy (non-hydrogen) atoms. The minimum Gasteiger partial charge on any atom is -0.396 e. The van der Waals surface area contributed by atoms with Crippen molar-refractivity contribution in [2.75, 3.05) is 6.61 Å². The van der Waals surface area contributed by atoms with Gasteiger partial charge in [0.05, 0.1) is 6.04 Å². The molecule has 88 valence electrons. The fourth-order valence-electron chi connectivity index (χ4n) is 1.41. The summed E-state index contributed by atoms with van der Waals surface area (Å²) in [6, 6.07) is 5.92. The summed E-state index contributed by atoms with van der Waals surface area (Å²) in [5.74, 6) is -0.445. The number of amides is 1. The summed E-state index contributed by atoms with van der Waals surface area (Å²) in [5.41, 5.74) is 0.734. The van der Waals surface area contributed by atoms with Crippen LogP contribution in [0.25, 0.3) is 0 Å². The summed E-state index contributed by atoms with van der Waals surface area (Å²) in [7, 11) is 0. The quantitative estimate of drug-likeness (QED) is 0.802. The summed E-state index contributed by atoms with van der Waals surface area (Å²) in [4.78, 5) is 11.4. The second-order valence-corrected chi connectivity index (χ2v) is 3.67. The van der Waals surface area contributed by atoms with E-state index in [1.807, 2.05) is 0 Å². The van der Waals surface area contributed by atoms with Gasteiger partial charge in [-0.15, -0.1) is 0 Å². The van der Waals surface area contributed by atoms with Crippen molar-refractivity contribution >= 4 is 5.91 Å². The summed E-state index contributed by atoms with van der Waals surface area (Å²) >= 11 is 0. The molecule has 0 heterocycles. The molecule has 0 fully saturated rings. The lowest BCUT2D eigenvalue weighted by Gasteiger charge is -2.14. The summed E-state index contributed by atoms with van der Waals surface area (Å²) in [6.45, 7) is 1.80. The summed E-state index contributed by atoms with van der Waals surface area (Å²) in [6.07, 6.45) is 0.734. The molecule has 1 amide bonds. The number of hydrogen-bond donors (Lipinski definition) is 2. The molecule has 1 unspecified atom stereocenters. The van der Waals surface area contributed by atoms with Gasteiger partial charge >= 0.3 is 0 Å². The lowest BCUT2D eigenvalue weighted by Crippen LogP contribution is -2.26. The van der Waals surface area contributed by atoms with Crippen LogP contribution in [0.15, 0.2) is 24.3 Å². The van der Waals surface area contributed by atoms with E-state index in [0.29, 0.717) is 6.42 Å². The Labute approximate surface area is 94.3 Å². The van der Waals surface area contributed by atoms with Gasteiger partial charge in [0, 0.05) is 13.0 Å². The van der Waals surface area contributed by atoms with E-state index >= 15 is 0 Å². The van der Waals surface area contributed by atoms with E-state index in [1.54, 1.807) is 19.1 Å². The van der Waals surface area contributed by atoms with Gasteiger partial charge in [0.25, 0.3) is 0 Å². The third kappa shape index (κ3) is 3.98. The van der Waals surface area contributed by atoms with Crippen LogP contribution < -0.4 is 5.32 Å². The molecule has 1 atom stereocenters. The first kappa shape index (κ1) is 12.6. The van der Waals surface area contributed by atoms with Gasteiger partial charge in [0.15, 0.2) is 0 Å². The Hall–Kier alpha value is -1.42. The van der Waals surface area contributed by atoms with Crippen LogP contribution in [0.2, 0.25) is 0 Å². The molecule has 1 aromatic carbocycles. The van der Waals surface area contributed by atoms with Crippen LogP contribution in [0.4, 0.5) is 4.39 Å². The Morgan fingerprint density at radius 2 is 2.31 bits per heavy atom. The predicted molar refractivity (Wildman–Crippen MR) is 59.3 cm³/mol. The number of hydrogen-bond acceptors (Lipinski definition) is 2. The third-order valence-corrected chi connectivity index (χ3v) is 2.29. The molecular formula is C12H16FNO2. The Kier molecular flexibility index (Phi) is 4.92. The number of carbonyl (C=O) groups excluding carboxylic acids is 1. The van der Waals surface area contributed by atoms with Gasteiger partial charge in [0.1, 0.15) is 5.82 Å².